The summed E-state index contributed by atoms with van der Waals surface area (Å²) in [5, 5.41) is 12.1. The fraction of sp³-hybridized carbons (Fsp3) is 0.200. The molecule has 0 spiro atoms. The van der Waals surface area contributed by atoms with Gasteiger partial charge in [0.1, 0.15) is 5.52 Å². The standard InChI is InChI=1S/C20H16F3N5OS/c1-2-11-3-8-15-14(9-11)17-18(25-15)26-19(28-27-17)30-10-16(29)24-13-6-4-12(5-7-13)20(21,22)23/h3-9H,2,10H2,1H3,(H,24,29)(H,25,26,28). The number of anilines is 1. The first-order chi connectivity index (χ1) is 14.3. The molecule has 0 unspecified atom stereocenters. The molecule has 30 heavy (non-hydrogen) atoms. The van der Waals surface area contributed by atoms with E-state index in [1.165, 1.54) is 17.7 Å². The molecule has 0 aliphatic rings. The number of thioether (sulfide) groups is 1. The van der Waals surface area contributed by atoms with Gasteiger partial charge in [0.05, 0.1) is 11.3 Å². The van der Waals surface area contributed by atoms with Gasteiger partial charge in [-0.3, -0.25) is 4.79 Å². The summed E-state index contributed by atoms with van der Waals surface area (Å²) in [5.41, 5.74) is 2.85. The SMILES string of the molecule is CCc1ccc2[nH]c3nc(SCC(=O)Nc4ccc(C(F)(F)F)cc4)nnc3c2c1. The molecule has 0 saturated heterocycles. The maximum atomic E-state index is 12.6. The quantitative estimate of drug-likeness (QED) is 0.443. The Morgan fingerprint density at radius 2 is 1.90 bits per heavy atom. The number of benzene rings is 2. The van der Waals surface area contributed by atoms with Crippen LogP contribution in [0.3, 0.4) is 0 Å². The number of nitrogens with one attached hydrogen (secondary N) is 2. The Morgan fingerprint density at radius 1 is 1.13 bits per heavy atom. The van der Waals surface area contributed by atoms with Gasteiger partial charge in [-0.1, -0.05) is 24.8 Å². The fourth-order valence-electron chi connectivity index (χ4n) is 2.95. The van der Waals surface area contributed by atoms with Gasteiger partial charge < -0.3 is 10.3 Å². The number of hydrogen-bond donors (Lipinski definition) is 2. The van der Waals surface area contributed by atoms with Crippen LogP contribution in [0.25, 0.3) is 22.1 Å². The normalized spacial score (nSPS) is 11.9. The van der Waals surface area contributed by atoms with E-state index in [1.54, 1.807) is 0 Å². The van der Waals surface area contributed by atoms with E-state index < -0.39 is 11.7 Å². The van der Waals surface area contributed by atoms with E-state index in [1.807, 2.05) is 12.1 Å². The molecule has 2 heterocycles. The third-order valence-electron chi connectivity index (χ3n) is 4.50. The molecule has 6 nitrogen and oxygen atoms in total. The molecule has 2 aromatic carbocycles. The second kappa shape index (κ2) is 7.94. The molecule has 4 rings (SSSR count). The summed E-state index contributed by atoms with van der Waals surface area (Å²) < 4.78 is 37.8. The van der Waals surface area contributed by atoms with Gasteiger partial charge in [-0.05, 0) is 48.4 Å². The first-order valence-electron chi connectivity index (χ1n) is 9.08. The molecule has 10 heteroatoms. The molecule has 0 bridgehead atoms. The van der Waals surface area contributed by atoms with Crippen molar-refractivity contribution in [2.75, 3.05) is 11.1 Å². The van der Waals surface area contributed by atoms with Crippen molar-refractivity contribution in [2.24, 2.45) is 0 Å². The zero-order valence-corrected chi connectivity index (χ0v) is 16.6. The van der Waals surface area contributed by atoms with E-state index in [2.05, 4.69) is 38.5 Å². The Hall–Kier alpha value is -3.14. The van der Waals surface area contributed by atoms with Crippen molar-refractivity contribution in [3.05, 3.63) is 53.6 Å². The monoisotopic (exact) mass is 431 g/mol. The molecule has 0 aliphatic heterocycles. The number of hydrogen-bond acceptors (Lipinski definition) is 5. The molecule has 0 saturated carbocycles. The van der Waals surface area contributed by atoms with Crippen molar-refractivity contribution in [3.63, 3.8) is 0 Å². The number of aromatic amines is 1. The molecule has 0 atom stereocenters. The number of amides is 1. The lowest BCUT2D eigenvalue weighted by Gasteiger charge is -2.08. The molecule has 4 aromatic rings. The minimum absolute atomic E-state index is 0.00554. The zero-order chi connectivity index (χ0) is 21.3. The summed E-state index contributed by atoms with van der Waals surface area (Å²) in [5.74, 6) is -0.387. The molecular weight excluding hydrogens is 415 g/mol. The van der Waals surface area contributed by atoms with E-state index in [0.29, 0.717) is 16.3 Å². The average molecular weight is 431 g/mol. The van der Waals surface area contributed by atoms with Crippen LogP contribution < -0.4 is 5.32 Å². The predicted molar refractivity (Wildman–Crippen MR) is 109 cm³/mol. The molecule has 2 aromatic heterocycles. The number of alkyl halides is 3. The number of carbonyl (C=O) groups excluding carboxylic acids is 1. The van der Waals surface area contributed by atoms with Crippen LogP contribution in [-0.4, -0.2) is 31.8 Å². The molecule has 0 aliphatic carbocycles. The molecule has 0 radical (unpaired) electrons. The highest BCUT2D eigenvalue weighted by Crippen LogP contribution is 2.30. The lowest BCUT2D eigenvalue weighted by atomic mass is 10.1. The minimum Gasteiger partial charge on any atom is -0.338 e. The molecular formula is C20H16F3N5OS. The van der Waals surface area contributed by atoms with Crippen LogP contribution in [0.2, 0.25) is 0 Å². The van der Waals surface area contributed by atoms with Crippen molar-refractivity contribution in [2.45, 2.75) is 24.7 Å². The van der Waals surface area contributed by atoms with Crippen molar-refractivity contribution in [3.8, 4) is 0 Å². The number of aromatic nitrogens is 4. The number of fused-ring (bicyclic) bond motifs is 3. The summed E-state index contributed by atoms with van der Waals surface area (Å²) in [6, 6.07) is 10.3. The fourth-order valence-corrected chi connectivity index (χ4v) is 3.54. The van der Waals surface area contributed by atoms with Gasteiger partial charge in [0, 0.05) is 16.6 Å². The van der Waals surface area contributed by atoms with Crippen LogP contribution in [0.5, 0.6) is 0 Å². The van der Waals surface area contributed by atoms with Gasteiger partial charge in [-0.2, -0.15) is 13.2 Å². The lowest BCUT2D eigenvalue weighted by Crippen LogP contribution is -2.14. The van der Waals surface area contributed by atoms with Crippen LogP contribution >= 0.6 is 11.8 Å². The van der Waals surface area contributed by atoms with Gasteiger partial charge in [-0.25, -0.2) is 4.98 Å². The van der Waals surface area contributed by atoms with Gasteiger partial charge in [0.15, 0.2) is 5.65 Å². The second-order valence-corrected chi connectivity index (χ2v) is 7.50. The minimum atomic E-state index is -4.41. The Bertz CT molecular complexity index is 1220. The Balaban J connectivity index is 1.43. The summed E-state index contributed by atoms with van der Waals surface area (Å²) in [6.07, 6.45) is -3.51. The zero-order valence-electron chi connectivity index (χ0n) is 15.7. The van der Waals surface area contributed by atoms with Gasteiger partial charge >= 0.3 is 6.18 Å². The van der Waals surface area contributed by atoms with E-state index in [0.717, 1.165) is 41.2 Å². The number of nitrogens with zero attached hydrogens (tertiary/aromatic N) is 3. The Labute approximate surface area is 173 Å². The van der Waals surface area contributed by atoms with Crippen LogP contribution in [0, 0.1) is 0 Å². The molecule has 2 N–H and O–H groups in total. The Morgan fingerprint density at radius 3 is 2.60 bits per heavy atom. The van der Waals surface area contributed by atoms with Crippen molar-refractivity contribution in [1.29, 1.82) is 0 Å². The highest BCUT2D eigenvalue weighted by Gasteiger charge is 2.30. The van der Waals surface area contributed by atoms with Gasteiger partial charge in [0.2, 0.25) is 11.1 Å². The number of carbonyl (C=O) groups is 1. The highest BCUT2D eigenvalue weighted by atomic mass is 32.2. The Kier molecular flexibility index (Phi) is 5.33. The van der Waals surface area contributed by atoms with Crippen LogP contribution in [0.1, 0.15) is 18.1 Å². The van der Waals surface area contributed by atoms with Crippen LogP contribution in [0.15, 0.2) is 47.6 Å². The maximum Gasteiger partial charge on any atom is 0.416 e. The third kappa shape index (κ3) is 4.23. The average Bonchev–Trinajstić information content (AvgIpc) is 3.09. The maximum absolute atomic E-state index is 12.6. The lowest BCUT2D eigenvalue weighted by molar-refractivity contribution is -0.137. The third-order valence-corrected chi connectivity index (χ3v) is 5.33. The number of aryl methyl sites for hydroxylation is 1. The molecule has 1 amide bonds. The first kappa shape index (κ1) is 20.1. The highest BCUT2D eigenvalue weighted by molar-refractivity contribution is 7.99. The van der Waals surface area contributed by atoms with E-state index in [4.69, 9.17) is 0 Å². The molecule has 0 fully saturated rings. The van der Waals surface area contributed by atoms with E-state index in [-0.39, 0.29) is 17.3 Å². The predicted octanol–water partition coefficient (Wildman–Crippen LogP) is 4.82. The summed E-state index contributed by atoms with van der Waals surface area (Å²) in [6.45, 7) is 2.07. The number of rotatable bonds is 5. The smallest absolute Gasteiger partial charge is 0.338 e. The van der Waals surface area contributed by atoms with Crippen LogP contribution in [0.4, 0.5) is 18.9 Å². The van der Waals surface area contributed by atoms with Crippen molar-refractivity contribution >= 4 is 45.4 Å². The van der Waals surface area contributed by atoms with Crippen LogP contribution in [-0.2, 0) is 17.4 Å². The number of H-pyrrole nitrogens is 1. The summed E-state index contributed by atoms with van der Waals surface area (Å²) >= 11 is 1.09. The van der Waals surface area contributed by atoms with Gasteiger partial charge in [0.25, 0.3) is 0 Å². The summed E-state index contributed by atoms with van der Waals surface area (Å²) in [4.78, 5) is 19.7. The van der Waals surface area contributed by atoms with E-state index >= 15 is 0 Å². The molecule has 154 valence electrons. The topological polar surface area (TPSA) is 83.6 Å². The van der Waals surface area contributed by atoms with E-state index in [9.17, 15) is 18.0 Å². The van der Waals surface area contributed by atoms with Crippen molar-refractivity contribution < 1.29 is 18.0 Å². The first-order valence-corrected chi connectivity index (χ1v) is 10.1. The van der Waals surface area contributed by atoms with Crippen molar-refractivity contribution in [1.82, 2.24) is 20.2 Å². The largest absolute Gasteiger partial charge is 0.416 e. The number of halogens is 3. The summed E-state index contributed by atoms with van der Waals surface area (Å²) in [7, 11) is 0. The van der Waals surface area contributed by atoms with Gasteiger partial charge in [-0.15, -0.1) is 10.2 Å². The second-order valence-electron chi connectivity index (χ2n) is 6.56.